The Balaban J connectivity index is 2.01. The standard InChI is InChI=1S/C7H16N2/c1-6(8-2)3-7-4-9-5-7/h6-9H,3-5H2,1-2H3. The van der Waals surface area contributed by atoms with Crippen molar-refractivity contribution in [2.24, 2.45) is 5.92 Å². The minimum Gasteiger partial charge on any atom is -0.317 e. The van der Waals surface area contributed by atoms with Gasteiger partial charge in [-0.25, -0.2) is 0 Å². The molecule has 2 N–H and O–H groups in total. The lowest BCUT2D eigenvalue weighted by atomic mass is 9.95. The first kappa shape index (κ1) is 7.03. The number of hydrogen-bond donors (Lipinski definition) is 2. The molecule has 0 bridgehead atoms. The second kappa shape index (κ2) is 3.18. The van der Waals surface area contributed by atoms with E-state index in [4.69, 9.17) is 0 Å². The maximum atomic E-state index is 3.26. The third kappa shape index (κ3) is 1.95. The number of nitrogens with one attached hydrogen (secondary N) is 2. The topological polar surface area (TPSA) is 24.1 Å². The molecule has 1 heterocycles. The van der Waals surface area contributed by atoms with E-state index in [1.54, 1.807) is 0 Å². The fourth-order valence-corrected chi connectivity index (χ4v) is 1.13. The maximum Gasteiger partial charge on any atom is 0.00393 e. The zero-order valence-electron chi connectivity index (χ0n) is 6.28. The molecule has 1 aliphatic rings. The van der Waals surface area contributed by atoms with Crippen LogP contribution in [0.3, 0.4) is 0 Å². The Labute approximate surface area is 57.0 Å². The quantitative estimate of drug-likeness (QED) is 0.567. The summed E-state index contributed by atoms with van der Waals surface area (Å²) in [5.74, 6) is 0.937. The van der Waals surface area contributed by atoms with Crippen LogP contribution in [-0.4, -0.2) is 26.2 Å². The third-order valence-electron chi connectivity index (χ3n) is 2.05. The molecule has 54 valence electrons. The van der Waals surface area contributed by atoms with Gasteiger partial charge in [-0.3, -0.25) is 0 Å². The van der Waals surface area contributed by atoms with Crippen molar-refractivity contribution in [3.63, 3.8) is 0 Å². The summed E-state index contributed by atoms with van der Waals surface area (Å²) in [6.45, 7) is 4.69. The highest BCUT2D eigenvalue weighted by atomic mass is 15.0. The Morgan fingerprint density at radius 3 is 2.67 bits per heavy atom. The van der Waals surface area contributed by atoms with Crippen molar-refractivity contribution in [1.82, 2.24) is 10.6 Å². The van der Waals surface area contributed by atoms with Crippen molar-refractivity contribution in [2.45, 2.75) is 19.4 Å². The molecule has 9 heavy (non-hydrogen) atoms. The van der Waals surface area contributed by atoms with Crippen LogP contribution >= 0.6 is 0 Å². The van der Waals surface area contributed by atoms with Gasteiger partial charge in [-0.05, 0) is 39.4 Å². The van der Waals surface area contributed by atoms with E-state index in [0.29, 0.717) is 6.04 Å². The molecule has 0 spiro atoms. The Hall–Kier alpha value is -0.0800. The predicted molar refractivity (Wildman–Crippen MR) is 39.5 cm³/mol. The van der Waals surface area contributed by atoms with E-state index in [1.165, 1.54) is 19.5 Å². The third-order valence-corrected chi connectivity index (χ3v) is 2.05. The van der Waals surface area contributed by atoms with Crippen molar-refractivity contribution in [2.75, 3.05) is 20.1 Å². The van der Waals surface area contributed by atoms with Crippen LogP contribution in [0.5, 0.6) is 0 Å². The number of rotatable bonds is 3. The molecule has 0 radical (unpaired) electrons. The Morgan fingerprint density at radius 2 is 2.33 bits per heavy atom. The zero-order chi connectivity index (χ0) is 6.69. The molecule has 0 saturated carbocycles. The summed E-state index contributed by atoms with van der Waals surface area (Å²) in [6.07, 6.45) is 1.32. The van der Waals surface area contributed by atoms with Crippen LogP contribution in [0.1, 0.15) is 13.3 Å². The van der Waals surface area contributed by atoms with Gasteiger partial charge in [-0.15, -0.1) is 0 Å². The van der Waals surface area contributed by atoms with Crippen LogP contribution in [0.25, 0.3) is 0 Å². The van der Waals surface area contributed by atoms with Gasteiger partial charge in [-0.2, -0.15) is 0 Å². The molecule has 1 fully saturated rings. The largest absolute Gasteiger partial charge is 0.317 e. The fraction of sp³-hybridized carbons (Fsp3) is 1.00. The van der Waals surface area contributed by atoms with Gasteiger partial charge in [-0.1, -0.05) is 0 Å². The van der Waals surface area contributed by atoms with Crippen molar-refractivity contribution >= 4 is 0 Å². The normalized spacial score (nSPS) is 23.3. The van der Waals surface area contributed by atoms with Crippen molar-refractivity contribution < 1.29 is 0 Å². The predicted octanol–water partition coefficient (Wildman–Crippen LogP) is 0.204. The minimum absolute atomic E-state index is 0.692. The Bertz CT molecular complexity index is 76.2. The summed E-state index contributed by atoms with van der Waals surface area (Å²) < 4.78 is 0. The highest BCUT2D eigenvalue weighted by Crippen LogP contribution is 2.10. The second-order valence-electron chi connectivity index (χ2n) is 2.95. The molecule has 0 amide bonds. The SMILES string of the molecule is CNC(C)CC1CNC1. The van der Waals surface area contributed by atoms with E-state index in [9.17, 15) is 0 Å². The van der Waals surface area contributed by atoms with Gasteiger partial charge in [0.1, 0.15) is 0 Å². The molecule has 0 aromatic carbocycles. The molecule has 2 heteroatoms. The van der Waals surface area contributed by atoms with E-state index in [2.05, 4.69) is 17.6 Å². The first-order valence-corrected chi connectivity index (χ1v) is 3.71. The highest BCUT2D eigenvalue weighted by Gasteiger charge is 2.17. The van der Waals surface area contributed by atoms with Crippen molar-refractivity contribution in [3.05, 3.63) is 0 Å². The molecule has 1 rings (SSSR count). The second-order valence-corrected chi connectivity index (χ2v) is 2.95. The van der Waals surface area contributed by atoms with E-state index in [0.717, 1.165) is 5.92 Å². The smallest absolute Gasteiger partial charge is 0.00393 e. The van der Waals surface area contributed by atoms with Crippen LogP contribution < -0.4 is 10.6 Å². The average Bonchev–Trinajstić information content (AvgIpc) is 1.78. The molecule has 1 atom stereocenters. The van der Waals surface area contributed by atoms with E-state index in [-0.39, 0.29) is 0 Å². The summed E-state index contributed by atoms with van der Waals surface area (Å²) >= 11 is 0. The molecule has 0 aliphatic carbocycles. The van der Waals surface area contributed by atoms with E-state index < -0.39 is 0 Å². The first-order chi connectivity index (χ1) is 4.33. The molecule has 2 nitrogen and oxygen atoms in total. The first-order valence-electron chi connectivity index (χ1n) is 3.71. The van der Waals surface area contributed by atoms with Crippen LogP contribution in [0, 0.1) is 5.92 Å². The average molecular weight is 128 g/mol. The van der Waals surface area contributed by atoms with Gasteiger partial charge < -0.3 is 10.6 Å². The lowest BCUT2D eigenvalue weighted by Crippen LogP contribution is -2.44. The van der Waals surface area contributed by atoms with Gasteiger partial charge in [0.25, 0.3) is 0 Å². The minimum atomic E-state index is 0.692. The fourth-order valence-electron chi connectivity index (χ4n) is 1.13. The maximum absolute atomic E-state index is 3.26. The Kier molecular flexibility index (Phi) is 2.49. The summed E-state index contributed by atoms with van der Waals surface area (Å²) in [6, 6.07) is 0.692. The Morgan fingerprint density at radius 1 is 1.67 bits per heavy atom. The molecule has 1 unspecified atom stereocenters. The molecule has 0 aromatic heterocycles. The van der Waals surface area contributed by atoms with Gasteiger partial charge in [0.2, 0.25) is 0 Å². The summed E-state index contributed by atoms with van der Waals surface area (Å²) in [5.41, 5.74) is 0. The van der Waals surface area contributed by atoms with Crippen molar-refractivity contribution in [1.29, 1.82) is 0 Å². The van der Waals surface area contributed by atoms with Gasteiger partial charge >= 0.3 is 0 Å². The number of hydrogen-bond acceptors (Lipinski definition) is 2. The monoisotopic (exact) mass is 128 g/mol. The lowest BCUT2D eigenvalue weighted by Gasteiger charge is -2.29. The van der Waals surface area contributed by atoms with Gasteiger partial charge in [0.15, 0.2) is 0 Å². The van der Waals surface area contributed by atoms with Crippen molar-refractivity contribution in [3.8, 4) is 0 Å². The summed E-state index contributed by atoms with van der Waals surface area (Å²) in [5, 5.41) is 6.50. The van der Waals surface area contributed by atoms with E-state index in [1.807, 2.05) is 7.05 Å². The molecular weight excluding hydrogens is 112 g/mol. The molecule has 1 saturated heterocycles. The van der Waals surface area contributed by atoms with Gasteiger partial charge in [0, 0.05) is 6.04 Å². The van der Waals surface area contributed by atoms with E-state index >= 15 is 0 Å². The molecular formula is C7H16N2. The van der Waals surface area contributed by atoms with Gasteiger partial charge in [0.05, 0.1) is 0 Å². The van der Waals surface area contributed by atoms with Crippen LogP contribution in [0.2, 0.25) is 0 Å². The lowest BCUT2D eigenvalue weighted by molar-refractivity contribution is 0.299. The van der Waals surface area contributed by atoms with Crippen LogP contribution in [0.15, 0.2) is 0 Å². The summed E-state index contributed by atoms with van der Waals surface area (Å²) in [4.78, 5) is 0. The summed E-state index contributed by atoms with van der Waals surface area (Å²) in [7, 11) is 2.02. The molecule has 0 aromatic rings. The zero-order valence-corrected chi connectivity index (χ0v) is 6.28. The van der Waals surface area contributed by atoms with Crippen LogP contribution in [0.4, 0.5) is 0 Å². The molecule has 1 aliphatic heterocycles. The highest BCUT2D eigenvalue weighted by molar-refractivity contribution is 4.77. The van der Waals surface area contributed by atoms with Crippen LogP contribution in [-0.2, 0) is 0 Å².